The summed E-state index contributed by atoms with van der Waals surface area (Å²) >= 11 is 0. The Hall–Kier alpha value is -1.75. The van der Waals surface area contributed by atoms with E-state index in [-0.39, 0.29) is 0 Å². The van der Waals surface area contributed by atoms with Gasteiger partial charge in [-0.1, -0.05) is 5.16 Å². The van der Waals surface area contributed by atoms with Crippen molar-refractivity contribution in [2.24, 2.45) is 0 Å². The maximum Gasteiger partial charge on any atom is 0.178 e. The molecule has 0 spiro atoms. The summed E-state index contributed by atoms with van der Waals surface area (Å²) in [4.78, 5) is 0. The van der Waals surface area contributed by atoms with Gasteiger partial charge < -0.3 is 19.7 Å². The number of aromatic nitrogens is 1. The molecule has 5 nitrogen and oxygen atoms in total. The van der Waals surface area contributed by atoms with Gasteiger partial charge in [0.1, 0.15) is 11.1 Å². The van der Waals surface area contributed by atoms with Crippen LogP contribution in [0, 0.1) is 0 Å². The summed E-state index contributed by atoms with van der Waals surface area (Å²) < 4.78 is 15.3. The Balaban J connectivity index is 2.62. The highest BCUT2D eigenvalue weighted by Gasteiger charge is 2.12. The number of fused-ring (bicyclic) bond motifs is 1. The molecular weight excluding hydrogens is 196 g/mol. The molecule has 0 atom stereocenters. The van der Waals surface area contributed by atoms with Crippen LogP contribution >= 0.6 is 0 Å². The van der Waals surface area contributed by atoms with Crippen molar-refractivity contribution in [3.05, 3.63) is 17.7 Å². The lowest BCUT2D eigenvalue weighted by molar-refractivity contribution is 0.184. The molecule has 2 aromatic rings. The van der Waals surface area contributed by atoms with E-state index in [1.165, 1.54) is 0 Å². The SMILES string of the molecule is COCc1cc(OC)c2c(N)noc2c1. The van der Waals surface area contributed by atoms with Gasteiger partial charge >= 0.3 is 0 Å². The molecule has 5 heteroatoms. The number of nitrogen functional groups attached to an aromatic ring is 1. The average Bonchev–Trinajstić information content (AvgIpc) is 2.60. The van der Waals surface area contributed by atoms with Crippen LogP contribution in [0.3, 0.4) is 0 Å². The van der Waals surface area contributed by atoms with Gasteiger partial charge in [-0.2, -0.15) is 0 Å². The van der Waals surface area contributed by atoms with Crippen molar-refractivity contribution in [2.75, 3.05) is 20.0 Å². The number of anilines is 1. The van der Waals surface area contributed by atoms with Gasteiger partial charge in [0.2, 0.25) is 0 Å². The lowest BCUT2D eigenvalue weighted by atomic mass is 10.1. The van der Waals surface area contributed by atoms with E-state index in [1.807, 2.05) is 12.1 Å². The zero-order valence-corrected chi connectivity index (χ0v) is 8.61. The Bertz CT molecular complexity index is 479. The largest absolute Gasteiger partial charge is 0.496 e. The molecule has 80 valence electrons. The molecular formula is C10H12N2O3. The van der Waals surface area contributed by atoms with Crippen LogP contribution in [0.1, 0.15) is 5.56 Å². The van der Waals surface area contributed by atoms with E-state index >= 15 is 0 Å². The molecule has 0 unspecified atom stereocenters. The van der Waals surface area contributed by atoms with E-state index in [4.69, 9.17) is 19.7 Å². The second kappa shape index (κ2) is 3.78. The molecule has 2 rings (SSSR count). The Kier molecular flexibility index (Phi) is 2.47. The molecule has 0 aliphatic carbocycles. The van der Waals surface area contributed by atoms with Crippen LogP contribution in [-0.2, 0) is 11.3 Å². The summed E-state index contributed by atoms with van der Waals surface area (Å²) in [5.41, 5.74) is 7.23. The fourth-order valence-electron chi connectivity index (χ4n) is 1.52. The molecule has 0 amide bonds. The minimum atomic E-state index is 0.339. The molecule has 2 N–H and O–H groups in total. The number of nitrogens with zero attached hydrogens (tertiary/aromatic N) is 1. The monoisotopic (exact) mass is 208 g/mol. The molecule has 0 saturated heterocycles. The second-order valence-corrected chi connectivity index (χ2v) is 3.17. The minimum absolute atomic E-state index is 0.339. The van der Waals surface area contributed by atoms with Crippen molar-refractivity contribution in [3.63, 3.8) is 0 Å². The Morgan fingerprint density at radius 3 is 2.87 bits per heavy atom. The number of ether oxygens (including phenoxy) is 2. The molecule has 1 heterocycles. The van der Waals surface area contributed by atoms with Crippen LogP contribution < -0.4 is 10.5 Å². The Morgan fingerprint density at radius 2 is 2.20 bits per heavy atom. The second-order valence-electron chi connectivity index (χ2n) is 3.17. The van der Waals surface area contributed by atoms with Gasteiger partial charge in [0, 0.05) is 7.11 Å². The third kappa shape index (κ3) is 1.61. The first kappa shape index (κ1) is 9.79. The van der Waals surface area contributed by atoms with Crippen molar-refractivity contribution in [2.45, 2.75) is 6.61 Å². The summed E-state index contributed by atoms with van der Waals surface area (Å²) in [6.07, 6.45) is 0. The van der Waals surface area contributed by atoms with Crippen LogP contribution in [0.15, 0.2) is 16.7 Å². The number of hydrogen-bond acceptors (Lipinski definition) is 5. The summed E-state index contributed by atoms with van der Waals surface area (Å²) in [7, 11) is 3.21. The molecule has 0 saturated carbocycles. The average molecular weight is 208 g/mol. The normalized spacial score (nSPS) is 10.8. The fraction of sp³-hybridized carbons (Fsp3) is 0.300. The lowest BCUT2D eigenvalue weighted by Gasteiger charge is -2.04. The van der Waals surface area contributed by atoms with Crippen molar-refractivity contribution in [1.82, 2.24) is 5.16 Å². The van der Waals surface area contributed by atoms with Crippen LogP contribution in [0.25, 0.3) is 11.0 Å². The van der Waals surface area contributed by atoms with Gasteiger partial charge in [-0.3, -0.25) is 0 Å². The Morgan fingerprint density at radius 1 is 1.40 bits per heavy atom. The van der Waals surface area contributed by atoms with Gasteiger partial charge in [-0.15, -0.1) is 0 Å². The number of hydrogen-bond donors (Lipinski definition) is 1. The third-order valence-electron chi connectivity index (χ3n) is 2.16. The molecule has 0 radical (unpaired) electrons. The highest BCUT2D eigenvalue weighted by molar-refractivity contribution is 5.93. The zero-order chi connectivity index (χ0) is 10.8. The van der Waals surface area contributed by atoms with E-state index in [2.05, 4.69) is 5.16 Å². The number of methoxy groups -OCH3 is 2. The molecule has 15 heavy (non-hydrogen) atoms. The molecule has 0 fully saturated rings. The maximum absolute atomic E-state index is 5.66. The molecule has 0 bridgehead atoms. The van der Waals surface area contributed by atoms with Crippen molar-refractivity contribution in [3.8, 4) is 5.75 Å². The number of nitrogens with two attached hydrogens (primary N) is 1. The highest BCUT2D eigenvalue weighted by atomic mass is 16.5. The summed E-state index contributed by atoms with van der Waals surface area (Å²) in [5, 5.41) is 4.39. The van der Waals surface area contributed by atoms with Crippen molar-refractivity contribution >= 4 is 16.8 Å². The quantitative estimate of drug-likeness (QED) is 0.828. The van der Waals surface area contributed by atoms with Gasteiger partial charge in [-0.05, 0) is 17.7 Å². The van der Waals surface area contributed by atoms with Crippen LogP contribution in [0.2, 0.25) is 0 Å². The lowest BCUT2D eigenvalue weighted by Crippen LogP contribution is -1.92. The van der Waals surface area contributed by atoms with Crippen LogP contribution in [0.5, 0.6) is 5.75 Å². The van der Waals surface area contributed by atoms with Crippen LogP contribution in [-0.4, -0.2) is 19.4 Å². The van der Waals surface area contributed by atoms with Gasteiger partial charge in [0.15, 0.2) is 11.4 Å². The zero-order valence-electron chi connectivity index (χ0n) is 8.61. The van der Waals surface area contributed by atoms with E-state index in [0.29, 0.717) is 29.1 Å². The first-order chi connectivity index (χ1) is 7.26. The molecule has 0 aliphatic rings. The van der Waals surface area contributed by atoms with E-state index in [1.54, 1.807) is 14.2 Å². The van der Waals surface area contributed by atoms with Crippen LogP contribution in [0.4, 0.5) is 5.82 Å². The molecule has 0 aliphatic heterocycles. The topological polar surface area (TPSA) is 70.5 Å². The fourth-order valence-corrected chi connectivity index (χ4v) is 1.52. The summed E-state index contributed by atoms with van der Waals surface area (Å²) in [6, 6.07) is 3.70. The minimum Gasteiger partial charge on any atom is -0.496 e. The van der Waals surface area contributed by atoms with Crippen molar-refractivity contribution in [1.29, 1.82) is 0 Å². The first-order valence-corrected chi connectivity index (χ1v) is 4.47. The summed E-state index contributed by atoms with van der Waals surface area (Å²) in [5.74, 6) is 0.990. The van der Waals surface area contributed by atoms with E-state index in [9.17, 15) is 0 Å². The predicted octanol–water partition coefficient (Wildman–Crippen LogP) is 1.56. The highest BCUT2D eigenvalue weighted by Crippen LogP contribution is 2.31. The molecule has 1 aromatic heterocycles. The third-order valence-corrected chi connectivity index (χ3v) is 2.16. The number of benzene rings is 1. The van der Waals surface area contributed by atoms with E-state index in [0.717, 1.165) is 5.56 Å². The van der Waals surface area contributed by atoms with Gasteiger partial charge in [0.05, 0.1) is 13.7 Å². The Labute approximate surface area is 86.7 Å². The molecule has 1 aromatic carbocycles. The predicted molar refractivity (Wildman–Crippen MR) is 55.7 cm³/mol. The summed E-state index contributed by atoms with van der Waals surface area (Å²) in [6.45, 7) is 0.493. The van der Waals surface area contributed by atoms with Gasteiger partial charge in [0.25, 0.3) is 0 Å². The first-order valence-electron chi connectivity index (χ1n) is 4.47. The van der Waals surface area contributed by atoms with Gasteiger partial charge in [-0.25, -0.2) is 0 Å². The smallest absolute Gasteiger partial charge is 0.178 e. The standard InChI is InChI=1S/C10H12N2O3/c1-13-5-6-3-7(14-2)9-8(4-6)15-12-10(9)11/h3-4H,5H2,1-2H3,(H2,11,12). The van der Waals surface area contributed by atoms with E-state index < -0.39 is 0 Å². The number of rotatable bonds is 3. The van der Waals surface area contributed by atoms with Crippen molar-refractivity contribution < 1.29 is 14.0 Å². The maximum atomic E-state index is 5.66.